The lowest BCUT2D eigenvalue weighted by Gasteiger charge is -2.38. The number of hydrogen-bond acceptors (Lipinski definition) is 2. The average Bonchev–Trinajstić information content (AvgIpc) is 2.66. The first-order chi connectivity index (χ1) is 7.26. The molecule has 15 heavy (non-hydrogen) atoms. The van der Waals surface area contributed by atoms with Gasteiger partial charge in [0, 0.05) is 24.4 Å². The number of thioether (sulfide) groups is 1. The fourth-order valence-corrected chi connectivity index (χ4v) is 3.61. The second-order valence-corrected chi connectivity index (χ2v) is 5.88. The lowest BCUT2D eigenvalue weighted by atomic mass is 9.88. The van der Waals surface area contributed by atoms with Crippen LogP contribution in [-0.2, 0) is 0 Å². The van der Waals surface area contributed by atoms with Crippen LogP contribution in [0.4, 0.5) is 4.79 Å². The molecule has 2 aliphatic rings. The van der Waals surface area contributed by atoms with E-state index in [9.17, 15) is 4.79 Å². The molecule has 1 aliphatic carbocycles. The molecule has 0 unspecified atom stereocenters. The zero-order valence-corrected chi connectivity index (χ0v) is 10.2. The average molecular weight is 228 g/mol. The standard InChI is InChI=1S/C11H20N2OS/c1-15-11(5-3-2-4-6-11)9-13-8-7-12-10(13)14/h2-9H2,1H3,(H,12,14). The number of carbonyl (C=O) groups excluding carboxylic acids is 1. The summed E-state index contributed by atoms with van der Waals surface area (Å²) in [5.74, 6) is 0. The summed E-state index contributed by atoms with van der Waals surface area (Å²) in [6.45, 7) is 2.66. The molecule has 2 amide bonds. The summed E-state index contributed by atoms with van der Waals surface area (Å²) in [7, 11) is 0. The first-order valence-corrected chi connectivity index (χ1v) is 7.06. The molecule has 1 heterocycles. The second-order valence-electron chi connectivity index (χ2n) is 4.60. The third kappa shape index (κ3) is 2.41. The first-order valence-electron chi connectivity index (χ1n) is 5.84. The third-order valence-electron chi connectivity index (χ3n) is 3.62. The van der Waals surface area contributed by atoms with Crippen LogP contribution in [0.5, 0.6) is 0 Å². The molecule has 0 bridgehead atoms. The fourth-order valence-electron chi connectivity index (χ4n) is 2.63. The number of carbonyl (C=O) groups is 1. The van der Waals surface area contributed by atoms with E-state index in [1.54, 1.807) is 0 Å². The molecule has 2 rings (SSSR count). The van der Waals surface area contributed by atoms with Gasteiger partial charge in [-0.15, -0.1) is 0 Å². The van der Waals surface area contributed by atoms with E-state index >= 15 is 0 Å². The molecule has 2 fully saturated rings. The zero-order chi connectivity index (χ0) is 10.7. The van der Waals surface area contributed by atoms with E-state index in [-0.39, 0.29) is 6.03 Å². The Kier molecular flexibility index (Phi) is 3.44. The Morgan fingerprint density at radius 1 is 1.40 bits per heavy atom. The number of nitrogens with zero attached hydrogens (tertiary/aromatic N) is 1. The van der Waals surface area contributed by atoms with Crippen molar-refractivity contribution < 1.29 is 4.79 Å². The highest BCUT2D eigenvalue weighted by Gasteiger charge is 2.35. The maximum Gasteiger partial charge on any atom is 0.317 e. The molecule has 0 aromatic heterocycles. The first kappa shape index (κ1) is 11.1. The van der Waals surface area contributed by atoms with Crippen molar-refractivity contribution in [2.45, 2.75) is 36.9 Å². The maximum atomic E-state index is 11.5. The summed E-state index contributed by atoms with van der Waals surface area (Å²) in [6.07, 6.45) is 8.77. The van der Waals surface area contributed by atoms with Gasteiger partial charge in [0.2, 0.25) is 0 Å². The SMILES string of the molecule is CSC1(CN2CCNC2=O)CCCCC1. The van der Waals surface area contributed by atoms with Crippen molar-refractivity contribution in [3.8, 4) is 0 Å². The van der Waals surface area contributed by atoms with Crippen LogP contribution in [0.15, 0.2) is 0 Å². The van der Waals surface area contributed by atoms with E-state index in [0.29, 0.717) is 4.75 Å². The summed E-state index contributed by atoms with van der Waals surface area (Å²) >= 11 is 1.96. The van der Waals surface area contributed by atoms with Gasteiger partial charge in [-0.1, -0.05) is 19.3 Å². The van der Waals surface area contributed by atoms with Gasteiger partial charge in [-0.2, -0.15) is 11.8 Å². The van der Waals surface area contributed by atoms with E-state index in [2.05, 4.69) is 11.6 Å². The smallest absolute Gasteiger partial charge is 0.317 e. The highest BCUT2D eigenvalue weighted by Crippen LogP contribution is 2.39. The Morgan fingerprint density at radius 2 is 2.13 bits per heavy atom. The van der Waals surface area contributed by atoms with Crippen LogP contribution in [0.3, 0.4) is 0 Å². The fraction of sp³-hybridized carbons (Fsp3) is 0.909. The molecule has 0 atom stereocenters. The number of amides is 2. The number of nitrogens with one attached hydrogen (secondary N) is 1. The Hall–Kier alpha value is -0.380. The molecule has 1 saturated carbocycles. The van der Waals surface area contributed by atoms with Crippen molar-refractivity contribution in [3.63, 3.8) is 0 Å². The van der Waals surface area contributed by atoms with E-state index in [1.807, 2.05) is 16.7 Å². The highest BCUT2D eigenvalue weighted by atomic mass is 32.2. The Labute approximate surface area is 96.0 Å². The van der Waals surface area contributed by atoms with Crippen molar-refractivity contribution in [1.29, 1.82) is 0 Å². The molecule has 86 valence electrons. The van der Waals surface area contributed by atoms with Crippen molar-refractivity contribution >= 4 is 17.8 Å². The molecular formula is C11H20N2OS. The second kappa shape index (κ2) is 4.64. The number of urea groups is 1. The van der Waals surface area contributed by atoms with E-state index in [1.165, 1.54) is 32.1 Å². The summed E-state index contributed by atoms with van der Waals surface area (Å²) in [5, 5.41) is 2.88. The van der Waals surface area contributed by atoms with Gasteiger partial charge in [-0.25, -0.2) is 4.79 Å². The monoisotopic (exact) mass is 228 g/mol. The van der Waals surface area contributed by atoms with Crippen LogP contribution >= 0.6 is 11.8 Å². The lowest BCUT2D eigenvalue weighted by Crippen LogP contribution is -2.43. The van der Waals surface area contributed by atoms with Gasteiger partial charge in [-0.05, 0) is 19.1 Å². The number of hydrogen-bond donors (Lipinski definition) is 1. The van der Waals surface area contributed by atoms with Gasteiger partial charge in [0.25, 0.3) is 0 Å². The van der Waals surface area contributed by atoms with E-state index in [0.717, 1.165) is 19.6 Å². The molecule has 0 spiro atoms. The van der Waals surface area contributed by atoms with Crippen LogP contribution in [-0.4, -0.2) is 41.6 Å². The molecule has 0 radical (unpaired) electrons. The van der Waals surface area contributed by atoms with Crippen LogP contribution in [0.1, 0.15) is 32.1 Å². The Bertz CT molecular complexity index is 239. The number of rotatable bonds is 3. The normalized spacial score (nSPS) is 25.4. The molecule has 1 N–H and O–H groups in total. The predicted octanol–water partition coefficient (Wildman–Crippen LogP) is 2.08. The molecule has 4 heteroatoms. The minimum Gasteiger partial charge on any atom is -0.336 e. The molecule has 1 aliphatic heterocycles. The predicted molar refractivity (Wildman–Crippen MR) is 64.3 cm³/mol. The van der Waals surface area contributed by atoms with Crippen LogP contribution < -0.4 is 5.32 Å². The van der Waals surface area contributed by atoms with Gasteiger partial charge < -0.3 is 10.2 Å². The van der Waals surface area contributed by atoms with Gasteiger partial charge in [0.05, 0.1) is 0 Å². The molecule has 0 aromatic rings. The zero-order valence-electron chi connectivity index (χ0n) is 9.42. The minimum absolute atomic E-state index is 0.133. The van der Waals surface area contributed by atoms with Crippen LogP contribution in [0.25, 0.3) is 0 Å². The van der Waals surface area contributed by atoms with Crippen molar-refractivity contribution in [1.82, 2.24) is 10.2 Å². The third-order valence-corrected chi connectivity index (χ3v) is 5.03. The van der Waals surface area contributed by atoms with Crippen LogP contribution in [0, 0.1) is 0 Å². The summed E-state index contributed by atoms with van der Waals surface area (Å²) in [4.78, 5) is 13.5. The van der Waals surface area contributed by atoms with E-state index in [4.69, 9.17) is 0 Å². The molecule has 1 saturated heterocycles. The van der Waals surface area contributed by atoms with Crippen molar-refractivity contribution in [3.05, 3.63) is 0 Å². The topological polar surface area (TPSA) is 32.3 Å². The van der Waals surface area contributed by atoms with Gasteiger partial charge in [-0.3, -0.25) is 0 Å². The summed E-state index contributed by atoms with van der Waals surface area (Å²) < 4.78 is 0.347. The van der Waals surface area contributed by atoms with E-state index < -0.39 is 0 Å². The Morgan fingerprint density at radius 3 is 2.67 bits per heavy atom. The molecular weight excluding hydrogens is 208 g/mol. The Balaban J connectivity index is 1.97. The van der Waals surface area contributed by atoms with Gasteiger partial charge >= 0.3 is 6.03 Å². The lowest BCUT2D eigenvalue weighted by molar-refractivity contribution is 0.206. The maximum absolute atomic E-state index is 11.5. The van der Waals surface area contributed by atoms with Gasteiger partial charge in [0.15, 0.2) is 0 Å². The quantitative estimate of drug-likeness (QED) is 0.802. The van der Waals surface area contributed by atoms with Crippen LogP contribution in [0.2, 0.25) is 0 Å². The highest BCUT2D eigenvalue weighted by molar-refractivity contribution is 8.00. The minimum atomic E-state index is 0.133. The largest absolute Gasteiger partial charge is 0.336 e. The summed E-state index contributed by atoms with van der Waals surface area (Å²) in [6, 6.07) is 0.133. The van der Waals surface area contributed by atoms with Crippen molar-refractivity contribution in [2.24, 2.45) is 0 Å². The molecule has 3 nitrogen and oxygen atoms in total. The summed E-state index contributed by atoms with van der Waals surface area (Å²) in [5.41, 5.74) is 0. The van der Waals surface area contributed by atoms with Gasteiger partial charge in [0.1, 0.15) is 0 Å². The molecule has 0 aromatic carbocycles. The van der Waals surface area contributed by atoms with Crippen molar-refractivity contribution in [2.75, 3.05) is 25.9 Å².